The molecular formula is C24H31N3O4. The van der Waals surface area contributed by atoms with Crippen molar-refractivity contribution >= 4 is 22.8 Å². The zero-order chi connectivity index (χ0) is 21.8. The zero-order valence-electron chi connectivity index (χ0n) is 18.0. The normalized spacial score (nSPS) is 22.5. The molecule has 2 aromatic rings. The van der Waals surface area contributed by atoms with E-state index in [9.17, 15) is 14.7 Å². The summed E-state index contributed by atoms with van der Waals surface area (Å²) in [5.41, 5.74) is 0.606. The van der Waals surface area contributed by atoms with Crippen LogP contribution < -0.4 is 5.32 Å². The lowest BCUT2D eigenvalue weighted by Crippen LogP contribution is -2.41. The minimum atomic E-state index is -0.350. The van der Waals surface area contributed by atoms with Crippen molar-refractivity contribution in [2.45, 2.75) is 57.5 Å². The van der Waals surface area contributed by atoms with Crippen LogP contribution in [0.3, 0.4) is 0 Å². The van der Waals surface area contributed by atoms with Crippen LogP contribution in [-0.4, -0.2) is 58.6 Å². The van der Waals surface area contributed by atoms with Crippen molar-refractivity contribution in [1.29, 1.82) is 0 Å². The first-order valence-electron chi connectivity index (χ1n) is 11.3. The third-order valence-corrected chi connectivity index (χ3v) is 6.51. The highest BCUT2D eigenvalue weighted by Crippen LogP contribution is 2.30. The number of aromatic hydroxyl groups is 1. The van der Waals surface area contributed by atoms with Crippen molar-refractivity contribution in [2.75, 3.05) is 19.7 Å². The number of aromatic nitrogens is 1. The molecule has 1 saturated heterocycles. The first kappa shape index (κ1) is 21.6. The van der Waals surface area contributed by atoms with Crippen LogP contribution in [0.15, 0.2) is 30.5 Å². The van der Waals surface area contributed by atoms with Gasteiger partial charge in [-0.1, -0.05) is 31.4 Å². The minimum absolute atomic E-state index is 0.116. The smallest absolute Gasteiger partial charge is 0.323 e. The van der Waals surface area contributed by atoms with Crippen LogP contribution in [0.5, 0.6) is 5.75 Å². The van der Waals surface area contributed by atoms with Gasteiger partial charge in [0.05, 0.1) is 12.2 Å². The summed E-state index contributed by atoms with van der Waals surface area (Å²) in [7, 11) is 0. The van der Waals surface area contributed by atoms with Crippen LogP contribution in [0.2, 0.25) is 0 Å². The first-order valence-corrected chi connectivity index (χ1v) is 11.3. The summed E-state index contributed by atoms with van der Waals surface area (Å²) in [4.78, 5) is 31.9. The Morgan fingerprint density at radius 1 is 1.23 bits per heavy atom. The number of amides is 1. The van der Waals surface area contributed by atoms with Gasteiger partial charge in [0.15, 0.2) is 5.75 Å². The van der Waals surface area contributed by atoms with E-state index in [1.165, 1.54) is 32.1 Å². The molecule has 2 atom stereocenters. The molecule has 7 heteroatoms. The van der Waals surface area contributed by atoms with E-state index < -0.39 is 0 Å². The molecule has 4 rings (SSSR count). The minimum Gasteiger partial charge on any atom is -0.505 e. The number of likely N-dealkylation sites (tertiary alicyclic amines) is 1. The van der Waals surface area contributed by atoms with Gasteiger partial charge in [0.2, 0.25) is 0 Å². The van der Waals surface area contributed by atoms with Crippen molar-refractivity contribution < 1.29 is 19.4 Å². The van der Waals surface area contributed by atoms with Gasteiger partial charge in [-0.3, -0.25) is 19.5 Å². The van der Waals surface area contributed by atoms with Crippen LogP contribution in [0.1, 0.15) is 55.8 Å². The van der Waals surface area contributed by atoms with E-state index in [0.717, 1.165) is 11.9 Å². The van der Waals surface area contributed by atoms with Gasteiger partial charge in [0, 0.05) is 30.7 Å². The monoisotopic (exact) mass is 425 g/mol. The molecule has 0 radical (unpaired) electrons. The summed E-state index contributed by atoms with van der Waals surface area (Å²) in [6.07, 6.45) is 8.29. The predicted molar refractivity (Wildman–Crippen MR) is 118 cm³/mol. The Balaban J connectivity index is 1.46. The molecule has 1 unspecified atom stereocenters. The second-order valence-electron chi connectivity index (χ2n) is 8.67. The van der Waals surface area contributed by atoms with Crippen molar-refractivity contribution in [1.82, 2.24) is 15.2 Å². The number of hydrogen-bond acceptors (Lipinski definition) is 6. The van der Waals surface area contributed by atoms with Gasteiger partial charge in [-0.05, 0) is 44.2 Å². The summed E-state index contributed by atoms with van der Waals surface area (Å²) in [5.74, 6) is -0.0877. The highest BCUT2D eigenvalue weighted by Gasteiger charge is 2.39. The summed E-state index contributed by atoms with van der Waals surface area (Å²) in [6.45, 7) is 3.63. The Kier molecular flexibility index (Phi) is 6.70. The van der Waals surface area contributed by atoms with Gasteiger partial charge in [-0.15, -0.1) is 0 Å². The molecule has 2 aliphatic rings. The van der Waals surface area contributed by atoms with Crippen molar-refractivity contribution in [2.24, 2.45) is 5.92 Å². The molecule has 31 heavy (non-hydrogen) atoms. The number of hydrogen-bond donors (Lipinski definition) is 2. The highest BCUT2D eigenvalue weighted by atomic mass is 16.5. The second kappa shape index (κ2) is 9.64. The Bertz CT molecular complexity index is 942. The molecule has 1 saturated carbocycles. The summed E-state index contributed by atoms with van der Waals surface area (Å²) in [6, 6.07) is 6.52. The molecule has 1 aliphatic heterocycles. The fourth-order valence-corrected chi connectivity index (χ4v) is 4.97. The largest absolute Gasteiger partial charge is 0.505 e. The molecule has 1 amide bonds. The quantitative estimate of drug-likeness (QED) is 0.691. The molecule has 2 heterocycles. The van der Waals surface area contributed by atoms with Crippen LogP contribution in [0, 0.1) is 5.92 Å². The molecule has 0 spiro atoms. The predicted octanol–water partition coefficient (Wildman–Crippen LogP) is 3.26. The summed E-state index contributed by atoms with van der Waals surface area (Å²) < 4.78 is 5.31. The number of ether oxygens (including phenoxy) is 1. The fraction of sp³-hybridized carbons (Fsp3) is 0.542. The number of esters is 1. The molecule has 0 bridgehead atoms. The number of carbonyl (C=O) groups excluding carboxylic acids is 2. The van der Waals surface area contributed by atoms with Crippen LogP contribution in [0.25, 0.3) is 10.9 Å². The van der Waals surface area contributed by atoms with Crippen LogP contribution >= 0.6 is 0 Å². The maximum atomic E-state index is 12.9. The first-order chi connectivity index (χ1) is 15.1. The molecule has 2 N–H and O–H groups in total. The van der Waals surface area contributed by atoms with Gasteiger partial charge in [0.25, 0.3) is 5.91 Å². The zero-order valence-corrected chi connectivity index (χ0v) is 18.0. The number of fused-ring (bicyclic) bond motifs is 1. The average molecular weight is 426 g/mol. The standard InChI is InChI=1S/C24H31N3O4/c1-2-31-24(30)20-13-18(15-27(20)14-16-7-4-3-5-8-16)26-23(29)19-11-10-17-9-6-12-25-21(17)22(19)28/h6,9-12,16,18,20,28H,2-5,7-8,13-15H2,1H3,(H,26,29)/t18-,20?/m0/s1. The Labute approximate surface area is 182 Å². The van der Waals surface area contributed by atoms with E-state index in [2.05, 4.69) is 15.2 Å². The molecule has 7 nitrogen and oxygen atoms in total. The van der Waals surface area contributed by atoms with Crippen LogP contribution in [0.4, 0.5) is 0 Å². The fourth-order valence-electron chi connectivity index (χ4n) is 4.97. The number of nitrogens with one attached hydrogen (secondary N) is 1. The maximum Gasteiger partial charge on any atom is 0.323 e. The molecule has 166 valence electrons. The highest BCUT2D eigenvalue weighted by molar-refractivity contribution is 6.02. The average Bonchev–Trinajstić information content (AvgIpc) is 3.17. The SMILES string of the molecule is CCOC(=O)C1C[C@H](NC(=O)c2ccc3cccnc3c2O)CN1CC1CCCCC1. The summed E-state index contributed by atoms with van der Waals surface area (Å²) >= 11 is 0. The molecule has 1 aliphatic carbocycles. The number of carbonyl (C=O) groups is 2. The van der Waals surface area contributed by atoms with Crippen molar-refractivity contribution in [3.8, 4) is 5.75 Å². The van der Waals surface area contributed by atoms with Gasteiger partial charge in [0.1, 0.15) is 11.6 Å². The van der Waals surface area contributed by atoms with Crippen molar-refractivity contribution in [3.05, 3.63) is 36.0 Å². The Morgan fingerprint density at radius 2 is 2.03 bits per heavy atom. The lowest BCUT2D eigenvalue weighted by atomic mass is 9.89. The van der Waals surface area contributed by atoms with Gasteiger partial charge < -0.3 is 15.2 Å². The third kappa shape index (κ3) is 4.82. The Morgan fingerprint density at radius 3 is 2.81 bits per heavy atom. The van der Waals surface area contributed by atoms with E-state index in [0.29, 0.717) is 31.0 Å². The number of benzene rings is 1. The number of pyridine rings is 1. The number of phenolic OH excluding ortho intramolecular Hbond substituents is 1. The van der Waals surface area contributed by atoms with E-state index in [4.69, 9.17) is 4.74 Å². The maximum absolute atomic E-state index is 12.9. The second-order valence-corrected chi connectivity index (χ2v) is 8.67. The van der Waals surface area contributed by atoms with Gasteiger partial charge in [-0.2, -0.15) is 0 Å². The lowest BCUT2D eigenvalue weighted by Gasteiger charge is -2.29. The Hall–Kier alpha value is -2.67. The van der Waals surface area contributed by atoms with Crippen molar-refractivity contribution in [3.63, 3.8) is 0 Å². The molecular weight excluding hydrogens is 394 g/mol. The lowest BCUT2D eigenvalue weighted by molar-refractivity contribution is -0.148. The van der Waals surface area contributed by atoms with E-state index >= 15 is 0 Å². The number of phenols is 1. The van der Waals surface area contributed by atoms with Gasteiger partial charge in [-0.25, -0.2) is 0 Å². The third-order valence-electron chi connectivity index (χ3n) is 6.51. The van der Waals surface area contributed by atoms with E-state index in [-0.39, 0.29) is 35.3 Å². The molecule has 1 aromatic heterocycles. The molecule has 1 aromatic carbocycles. The number of nitrogens with zero attached hydrogens (tertiary/aromatic N) is 2. The summed E-state index contributed by atoms with van der Waals surface area (Å²) in [5, 5.41) is 14.4. The van der Waals surface area contributed by atoms with E-state index in [1.54, 1.807) is 24.4 Å². The number of rotatable bonds is 6. The topological polar surface area (TPSA) is 91.8 Å². The van der Waals surface area contributed by atoms with Crippen LogP contribution in [-0.2, 0) is 9.53 Å². The van der Waals surface area contributed by atoms with E-state index in [1.807, 2.05) is 13.0 Å². The molecule has 2 fully saturated rings. The van der Waals surface area contributed by atoms with Gasteiger partial charge >= 0.3 is 5.97 Å².